The molecule has 1 aliphatic rings. The summed E-state index contributed by atoms with van der Waals surface area (Å²) in [5.74, 6) is 0. The predicted molar refractivity (Wildman–Crippen MR) is 75.1 cm³/mol. The molecule has 1 aliphatic carbocycles. The van der Waals surface area contributed by atoms with Gasteiger partial charge in [0.15, 0.2) is 0 Å². The van der Waals surface area contributed by atoms with E-state index in [4.69, 9.17) is 0 Å². The highest BCUT2D eigenvalue weighted by Crippen LogP contribution is 2.32. The highest BCUT2D eigenvalue weighted by Gasteiger charge is 2.27. The minimum Gasteiger partial charge on any atom is -0.313 e. The second-order valence-electron chi connectivity index (χ2n) is 5.20. The fourth-order valence-corrected chi connectivity index (χ4v) is 3.56. The number of hydrogen-bond acceptors (Lipinski definition) is 2. The van der Waals surface area contributed by atoms with E-state index in [0.717, 1.165) is 12.6 Å². The number of halogens is 1. The first-order valence-electron chi connectivity index (χ1n) is 6.09. The molecule has 1 fully saturated rings. The minimum atomic E-state index is 0.410. The van der Waals surface area contributed by atoms with E-state index in [1.165, 1.54) is 34.3 Å². The maximum atomic E-state index is 3.67. The summed E-state index contributed by atoms with van der Waals surface area (Å²) in [6.07, 6.45) is 5.19. The Morgan fingerprint density at radius 1 is 1.50 bits per heavy atom. The molecule has 0 aliphatic heterocycles. The van der Waals surface area contributed by atoms with Crippen molar-refractivity contribution in [3.05, 3.63) is 20.8 Å². The summed E-state index contributed by atoms with van der Waals surface area (Å²) >= 11 is 5.41. The molecule has 0 radical (unpaired) electrons. The Kier molecular flexibility index (Phi) is 4.09. The second-order valence-corrected chi connectivity index (χ2v) is 7.75. The Morgan fingerprint density at radius 2 is 2.25 bits per heavy atom. The number of hydrogen-bond donors (Lipinski definition) is 1. The molecule has 1 heterocycles. The summed E-state index contributed by atoms with van der Waals surface area (Å²) in [6.45, 7) is 5.86. The highest BCUT2D eigenvalue weighted by atomic mass is 79.9. The maximum absolute atomic E-state index is 3.67. The van der Waals surface area contributed by atoms with E-state index < -0.39 is 0 Å². The van der Waals surface area contributed by atoms with Crippen molar-refractivity contribution in [3.63, 3.8) is 0 Å². The summed E-state index contributed by atoms with van der Waals surface area (Å²) in [7, 11) is 0. The fourth-order valence-electron chi connectivity index (χ4n) is 1.86. The molecular weight excluding hydrogens is 282 g/mol. The van der Waals surface area contributed by atoms with Gasteiger partial charge in [0.05, 0.1) is 3.79 Å². The average molecular weight is 302 g/mol. The van der Waals surface area contributed by atoms with Crippen LogP contribution < -0.4 is 5.32 Å². The van der Waals surface area contributed by atoms with Crippen LogP contribution in [0, 0.1) is 5.41 Å². The van der Waals surface area contributed by atoms with Gasteiger partial charge >= 0.3 is 0 Å². The second kappa shape index (κ2) is 5.19. The predicted octanol–water partition coefficient (Wildman–Crippen LogP) is 4.22. The van der Waals surface area contributed by atoms with Crippen molar-refractivity contribution in [2.75, 3.05) is 6.54 Å². The number of thiophene rings is 1. The van der Waals surface area contributed by atoms with Crippen molar-refractivity contribution in [1.29, 1.82) is 0 Å². The topological polar surface area (TPSA) is 12.0 Å². The van der Waals surface area contributed by atoms with Crippen molar-refractivity contribution in [3.8, 4) is 0 Å². The van der Waals surface area contributed by atoms with Gasteiger partial charge in [0.2, 0.25) is 0 Å². The van der Waals surface area contributed by atoms with E-state index in [9.17, 15) is 0 Å². The third-order valence-electron chi connectivity index (χ3n) is 3.48. The normalized spacial score (nSPS) is 19.7. The van der Waals surface area contributed by atoms with Crippen LogP contribution in [0.15, 0.2) is 15.9 Å². The molecule has 1 aromatic rings. The van der Waals surface area contributed by atoms with Crippen LogP contribution in [0.2, 0.25) is 0 Å². The lowest BCUT2D eigenvalue weighted by atomic mass is 9.83. The lowest BCUT2D eigenvalue weighted by Gasteiger charge is -2.28. The Hall–Kier alpha value is 0.140. The van der Waals surface area contributed by atoms with Crippen molar-refractivity contribution < 1.29 is 0 Å². The van der Waals surface area contributed by atoms with Crippen molar-refractivity contribution in [2.45, 2.75) is 45.6 Å². The van der Waals surface area contributed by atoms with Crippen molar-refractivity contribution in [1.82, 2.24) is 5.32 Å². The van der Waals surface area contributed by atoms with E-state index in [1.54, 1.807) is 0 Å². The van der Waals surface area contributed by atoms with Gasteiger partial charge < -0.3 is 5.32 Å². The molecule has 3 heteroatoms. The van der Waals surface area contributed by atoms with Gasteiger partial charge in [-0.2, -0.15) is 0 Å². The molecule has 90 valence electrons. The van der Waals surface area contributed by atoms with Crippen LogP contribution in [-0.4, -0.2) is 12.6 Å². The van der Waals surface area contributed by atoms with Crippen LogP contribution in [0.5, 0.6) is 0 Å². The van der Waals surface area contributed by atoms with Crippen LogP contribution in [0.3, 0.4) is 0 Å². The zero-order valence-corrected chi connectivity index (χ0v) is 12.5. The molecule has 1 atom stereocenters. The van der Waals surface area contributed by atoms with Gasteiger partial charge in [0.1, 0.15) is 0 Å². The summed E-state index contributed by atoms with van der Waals surface area (Å²) < 4.78 is 1.25. The average Bonchev–Trinajstić information content (AvgIpc) is 3.01. The Balaban J connectivity index is 1.91. The molecule has 1 nitrogen and oxygen atoms in total. The molecule has 0 bridgehead atoms. The molecular formula is C13H20BrNS. The molecule has 0 amide bonds. The van der Waals surface area contributed by atoms with Gasteiger partial charge in [-0.15, -0.1) is 11.3 Å². The lowest BCUT2D eigenvalue weighted by Crippen LogP contribution is -2.34. The number of nitrogens with one attached hydrogen (secondary N) is 1. The summed E-state index contributed by atoms with van der Waals surface area (Å²) in [4.78, 5) is 1.49. The van der Waals surface area contributed by atoms with Crippen molar-refractivity contribution >= 4 is 27.3 Å². The minimum absolute atomic E-state index is 0.410. The molecule has 0 saturated heterocycles. The lowest BCUT2D eigenvalue weighted by molar-refractivity contribution is 0.291. The van der Waals surface area contributed by atoms with Gasteiger partial charge in [-0.3, -0.25) is 0 Å². The van der Waals surface area contributed by atoms with Gasteiger partial charge in [0, 0.05) is 17.5 Å². The van der Waals surface area contributed by atoms with Gasteiger partial charge in [-0.1, -0.05) is 13.8 Å². The fraction of sp³-hybridized carbons (Fsp3) is 0.692. The maximum Gasteiger partial charge on any atom is 0.0701 e. The Bertz CT molecular complexity index is 345. The van der Waals surface area contributed by atoms with E-state index >= 15 is 0 Å². The first kappa shape index (κ1) is 12.6. The van der Waals surface area contributed by atoms with Gasteiger partial charge in [-0.05, 0) is 59.2 Å². The van der Waals surface area contributed by atoms with E-state index in [-0.39, 0.29) is 0 Å². The third kappa shape index (κ3) is 3.57. The third-order valence-corrected chi connectivity index (χ3v) is 5.10. The zero-order valence-electron chi connectivity index (χ0n) is 10.1. The van der Waals surface area contributed by atoms with Crippen LogP contribution >= 0.6 is 27.3 Å². The van der Waals surface area contributed by atoms with Crippen LogP contribution in [0.1, 0.15) is 38.0 Å². The molecule has 0 aromatic carbocycles. The summed E-state index contributed by atoms with van der Waals surface area (Å²) in [5, 5.41) is 3.67. The standard InChI is InChI=1S/C13H20BrNS/c1-3-13(2,9-15-10-4-5-10)8-11-6-7-12(14)16-11/h6-7,10,15H,3-5,8-9H2,1-2H3. The van der Waals surface area contributed by atoms with E-state index in [1.807, 2.05) is 11.3 Å². The molecule has 1 aromatic heterocycles. The molecule has 1 N–H and O–H groups in total. The molecule has 0 spiro atoms. The SMILES string of the molecule is CCC(C)(CNC1CC1)Cc1ccc(Br)s1. The highest BCUT2D eigenvalue weighted by molar-refractivity contribution is 9.11. The largest absolute Gasteiger partial charge is 0.313 e. The molecule has 16 heavy (non-hydrogen) atoms. The monoisotopic (exact) mass is 301 g/mol. The Labute approximate surface area is 111 Å². The summed E-state index contributed by atoms with van der Waals surface area (Å²) in [6, 6.07) is 5.23. The Morgan fingerprint density at radius 3 is 2.75 bits per heavy atom. The number of rotatable bonds is 6. The van der Waals surface area contributed by atoms with E-state index in [2.05, 4.69) is 47.2 Å². The first-order chi connectivity index (χ1) is 7.61. The first-order valence-corrected chi connectivity index (χ1v) is 7.70. The van der Waals surface area contributed by atoms with Crippen LogP contribution in [-0.2, 0) is 6.42 Å². The van der Waals surface area contributed by atoms with Gasteiger partial charge in [0.25, 0.3) is 0 Å². The van der Waals surface area contributed by atoms with Crippen LogP contribution in [0.25, 0.3) is 0 Å². The van der Waals surface area contributed by atoms with Crippen LogP contribution in [0.4, 0.5) is 0 Å². The quantitative estimate of drug-likeness (QED) is 0.829. The van der Waals surface area contributed by atoms with Crippen molar-refractivity contribution in [2.24, 2.45) is 5.41 Å². The van der Waals surface area contributed by atoms with Gasteiger partial charge in [-0.25, -0.2) is 0 Å². The molecule has 1 unspecified atom stereocenters. The smallest absolute Gasteiger partial charge is 0.0701 e. The molecule has 1 saturated carbocycles. The summed E-state index contributed by atoms with van der Waals surface area (Å²) in [5.41, 5.74) is 0.410. The zero-order chi connectivity index (χ0) is 11.6. The molecule has 2 rings (SSSR count). The van der Waals surface area contributed by atoms with E-state index in [0.29, 0.717) is 5.41 Å².